The molecule has 8 heteroatoms. The highest BCUT2D eigenvalue weighted by Gasteiger charge is 2.27. The summed E-state index contributed by atoms with van der Waals surface area (Å²) in [5.41, 5.74) is 15.7. The normalized spacial score (nSPS) is 17.3. The van der Waals surface area contributed by atoms with E-state index in [0.717, 1.165) is 37.2 Å². The Morgan fingerprint density at radius 2 is 1.87 bits per heavy atom. The highest BCUT2D eigenvalue weighted by atomic mass is 19.1. The SMILES string of the molecule is Cc1c(-c2cccc(-c3ccnc(N)c3F)n2)nc(N)nc1C1CCCN(C(C)C)C1. The predicted molar refractivity (Wildman–Crippen MR) is 121 cm³/mol. The Labute approximate surface area is 181 Å². The lowest BCUT2D eigenvalue weighted by Crippen LogP contribution is -2.39. The Morgan fingerprint density at radius 1 is 1.10 bits per heavy atom. The summed E-state index contributed by atoms with van der Waals surface area (Å²) in [6.45, 7) is 8.50. The summed E-state index contributed by atoms with van der Waals surface area (Å²) in [5, 5.41) is 0. The second-order valence-corrected chi connectivity index (χ2v) is 8.33. The second kappa shape index (κ2) is 8.55. The van der Waals surface area contributed by atoms with E-state index in [1.807, 2.05) is 19.1 Å². The van der Waals surface area contributed by atoms with Crippen LogP contribution in [0.3, 0.4) is 0 Å². The van der Waals surface area contributed by atoms with Crippen molar-refractivity contribution in [2.45, 2.75) is 45.6 Å². The number of halogens is 1. The van der Waals surface area contributed by atoms with E-state index in [-0.39, 0.29) is 11.8 Å². The first-order chi connectivity index (χ1) is 14.8. The number of hydrogen-bond donors (Lipinski definition) is 2. The van der Waals surface area contributed by atoms with Crippen LogP contribution in [-0.2, 0) is 0 Å². The molecule has 162 valence electrons. The van der Waals surface area contributed by atoms with Gasteiger partial charge in [0, 0.05) is 30.3 Å². The Kier molecular flexibility index (Phi) is 5.82. The molecule has 4 heterocycles. The topological polar surface area (TPSA) is 107 Å². The van der Waals surface area contributed by atoms with E-state index in [1.165, 1.54) is 6.20 Å². The number of pyridine rings is 2. The Hall–Kier alpha value is -3.13. The molecule has 7 nitrogen and oxygen atoms in total. The fourth-order valence-corrected chi connectivity index (χ4v) is 4.27. The minimum Gasteiger partial charge on any atom is -0.381 e. The third kappa shape index (κ3) is 4.20. The average molecular weight is 422 g/mol. The van der Waals surface area contributed by atoms with Crippen molar-refractivity contribution in [3.63, 3.8) is 0 Å². The van der Waals surface area contributed by atoms with Crippen LogP contribution in [0.1, 0.15) is 43.9 Å². The molecule has 0 aliphatic carbocycles. The van der Waals surface area contributed by atoms with Crippen LogP contribution >= 0.6 is 0 Å². The molecule has 0 spiro atoms. The third-order valence-electron chi connectivity index (χ3n) is 5.95. The fraction of sp³-hybridized carbons (Fsp3) is 0.391. The number of anilines is 2. The molecule has 1 aliphatic rings. The lowest BCUT2D eigenvalue weighted by atomic mass is 9.90. The third-order valence-corrected chi connectivity index (χ3v) is 5.95. The summed E-state index contributed by atoms with van der Waals surface area (Å²) >= 11 is 0. The summed E-state index contributed by atoms with van der Waals surface area (Å²) in [6, 6.07) is 7.47. The van der Waals surface area contributed by atoms with Gasteiger partial charge in [0.2, 0.25) is 5.95 Å². The van der Waals surface area contributed by atoms with Crippen LogP contribution < -0.4 is 11.5 Å². The standard InChI is InChI=1S/C23H28FN7/c1-13(2)31-11-5-6-15(12-31)20-14(3)21(30-23(26)29-20)18-8-4-7-17(28-18)16-9-10-27-22(25)19(16)24/h4,7-10,13,15H,5-6,11-12H2,1-3H3,(H2,25,27)(H2,26,29,30). The molecule has 3 aromatic heterocycles. The van der Waals surface area contributed by atoms with Gasteiger partial charge in [-0.1, -0.05) is 6.07 Å². The van der Waals surface area contributed by atoms with Crippen molar-refractivity contribution in [2.75, 3.05) is 24.6 Å². The lowest BCUT2D eigenvalue weighted by molar-refractivity contribution is 0.166. The van der Waals surface area contributed by atoms with Gasteiger partial charge >= 0.3 is 0 Å². The summed E-state index contributed by atoms with van der Waals surface area (Å²) in [6.07, 6.45) is 3.66. The van der Waals surface area contributed by atoms with Gasteiger partial charge in [0.05, 0.1) is 22.8 Å². The quantitative estimate of drug-likeness (QED) is 0.660. The largest absolute Gasteiger partial charge is 0.381 e. The van der Waals surface area contributed by atoms with Crippen LogP contribution in [-0.4, -0.2) is 44.0 Å². The molecule has 0 aromatic carbocycles. The van der Waals surface area contributed by atoms with Gasteiger partial charge in [0.15, 0.2) is 11.6 Å². The molecule has 0 radical (unpaired) electrons. The van der Waals surface area contributed by atoms with Crippen molar-refractivity contribution in [1.29, 1.82) is 0 Å². The number of nitrogens with zero attached hydrogens (tertiary/aromatic N) is 5. The van der Waals surface area contributed by atoms with E-state index >= 15 is 0 Å². The van der Waals surface area contributed by atoms with Gasteiger partial charge in [0.1, 0.15) is 0 Å². The van der Waals surface area contributed by atoms with Crippen molar-refractivity contribution < 1.29 is 4.39 Å². The number of aromatic nitrogens is 4. The molecule has 1 unspecified atom stereocenters. The smallest absolute Gasteiger partial charge is 0.220 e. The zero-order chi connectivity index (χ0) is 22.1. The lowest BCUT2D eigenvalue weighted by Gasteiger charge is -2.35. The van der Waals surface area contributed by atoms with E-state index in [9.17, 15) is 4.39 Å². The minimum atomic E-state index is -0.581. The zero-order valence-electron chi connectivity index (χ0n) is 18.1. The first-order valence-corrected chi connectivity index (χ1v) is 10.6. The van der Waals surface area contributed by atoms with Crippen molar-refractivity contribution in [3.8, 4) is 22.6 Å². The van der Waals surface area contributed by atoms with Crippen LogP contribution in [0.25, 0.3) is 22.6 Å². The average Bonchev–Trinajstić information content (AvgIpc) is 2.77. The minimum absolute atomic E-state index is 0.151. The van der Waals surface area contributed by atoms with Crippen molar-refractivity contribution >= 4 is 11.8 Å². The number of likely N-dealkylation sites (tertiary alicyclic amines) is 1. The molecule has 0 bridgehead atoms. The highest BCUT2D eigenvalue weighted by Crippen LogP contribution is 2.33. The van der Waals surface area contributed by atoms with Gasteiger partial charge in [0.25, 0.3) is 0 Å². The van der Waals surface area contributed by atoms with Gasteiger partial charge in [-0.15, -0.1) is 0 Å². The molecule has 1 aliphatic heterocycles. The maximum atomic E-state index is 14.5. The van der Waals surface area contributed by atoms with Gasteiger partial charge in [-0.3, -0.25) is 0 Å². The molecule has 4 rings (SSSR count). The molecule has 1 atom stereocenters. The van der Waals surface area contributed by atoms with Crippen LogP contribution in [0.2, 0.25) is 0 Å². The molecule has 0 saturated carbocycles. The Bertz CT molecular complexity index is 1100. The number of rotatable bonds is 4. The zero-order valence-corrected chi connectivity index (χ0v) is 18.1. The van der Waals surface area contributed by atoms with Crippen LogP contribution in [0.4, 0.5) is 16.2 Å². The van der Waals surface area contributed by atoms with E-state index in [4.69, 9.17) is 11.5 Å². The number of piperidine rings is 1. The summed E-state index contributed by atoms with van der Waals surface area (Å²) in [5.74, 6) is -0.214. The molecule has 3 aromatic rings. The van der Waals surface area contributed by atoms with E-state index in [0.29, 0.717) is 34.6 Å². The fourth-order valence-electron chi connectivity index (χ4n) is 4.27. The first-order valence-electron chi connectivity index (χ1n) is 10.6. The van der Waals surface area contributed by atoms with Gasteiger partial charge in [-0.25, -0.2) is 24.3 Å². The van der Waals surface area contributed by atoms with Crippen molar-refractivity contribution in [1.82, 2.24) is 24.8 Å². The van der Waals surface area contributed by atoms with Gasteiger partial charge in [-0.05, 0) is 63.9 Å². The van der Waals surface area contributed by atoms with Gasteiger partial charge in [-0.2, -0.15) is 0 Å². The summed E-state index contributed by atoms with van der Waals surface area (Å²) in [7, 11) is 0. The molecule has 1 fully saturated rings. The number of nitrogens with two attached hydrogens (primary N) is 2. The molecule has 1 saturated heterocycles. The maximum Gasteiger partial charge on any atom is 0.220 e. The molecule has 0 amide bonds. The van der Waals surface area contributed by atoms with Crippen LogP contribution in [0.15, 0.2) is 30.5 Å². The first kappa shape index (κ1) is 21.1. The number of hydrogen-bond acceptors (Lipinski definition) is 7. The van der Waals surface area contributed by atoms with Crippen LogP contribution in [0.5, 0.6) is 0 Å². The van der Waals surface area contributed by atoms with Crippen molar-refractivity contribution in [3.05, 3.63) is 47.5 Å². The molecular weight excluding hydrogens is 393 g/mol. The molecule has 4 N–H and O–H groups in total. The number of nitrogen functional groups attached to an aromatic ring is 2. The van der Waals surface area contributed by atoms with E-state index < -0.39 is 5.82 Å². The monoisotopic (exact) mass is 421 g/mol. The van der Waals surface area contributed by atoms with Gasteiger partial charge < -0.3 is 16.4 Å². The molecule has 31 heavy (non-hydrogen) atoms. The second-order valence-electron chi connectivity index (χ2n) is 8.33. The summed E-state index contributed by atoms with van der Waals surface area (Å²) < 4.78 is 14.5. The summed E-state index contributed by atoms with van der Waals surface area (Å²) in [4.78, 5) is 20.0. The molecular formula is C23H28FN7. The highest BCUT2D eigenvalue weighted by molar-refractivity contribution is 5.68. The van der Waals surface area contributed by atoms with Crippen molar-refractivity contribution in [2.24, 2.45) is 0 Å². The maximum absolute atomic E-state index is 14.5. The Balaban J connectivity index is 1.75. The predicted octanol–water partition coefficient (Wildman–Crippen LogP) is 3.80. The Morgan fingerprint density at radius 3 is 2.65 bits per heavy atom. The van der Waals surface area contributed by atoms with Crippen LogP contribution in [0, 0.1) is 12.7 Å². The van der Waals surface area contributed by atoms with E-state index in [2.05, 4.69) is 38.7 Å². The van der Waals surface area contributed by atoms with E-state index in [1.54, 1.807) is 12.1 Å².